The summed E-state index contributed by atoms with van der Waals surface area (Å²) in [4.78, 5) is 13.9. The average Bonchev–Trinajstić information content (AvgIpc) is 3.27. The number of carbonyl (C=O) groups excluding carboxylic acids is 1. The van der Waals surface area contributed by atoms with Crippen molar-refractivity contribution in [3.05, 3.63) is 30.3 Å². The minimum Gasteiger partial charge on any atom is -0.468 e. The van der Waals surface area contributed by atoms with E-state index in [9.17, 15) is 4.79 Å². The standard InChI is InChI=1S/C15H22N2O2/c1-17(13-6-4-3-5-7-13)11-10-14(15(18)19-2)16-12-8-9-12/h3-7,12,14,16H,8-11H2,1-2H3. The number of para-hydroxylation sites is 1. The molecule has 1 aliphatic rings. The van der Waals surface area contributed by atoms with Gasteiger partial charge < -0.3 is 15.0 Å². The number of hydrogen-bond donors (Lipinski definition) is 1. The number of anilines is 1. The second-order valence-electron chi connectivity index (χ2n) is 5.06. The molecule has 4 heteroatoms. The number of ether oxygens (including phenoxy) is 1. The fourth-order valence-corrected chi connectivity index (χ4v) is 2.08. The molecule has 0 aromatic heterocycles. The van der Waals surface area contributed by atoms with Crippen LogP contribution in [0, 0.1) is 0 Å². The highest BCUT2D eigenvalue weighted by Crippen LogP contribution is 2.20. The minimum absolute atomic E-state index is 0.159. The van der Waals surface area contributed by atoms with Crippen LogP contribution in [0.4, 0.5) is 5.69 Å². The van der Waals surface area contributed by atoms with Gasteiger partial charge in [-0.15, -0.1) is 0 Å². The number of nitrogens with zero attached hydrogens (tertiary/aromatic N) is 1. The van der Waals surface area contributed by atoms with Crippen molar-refractivity contribution in [2.45, 2.75) is 31.3 Å². The Morgan fingerprint density at radius 3 is 2.68 bits per heavy atom. The third-order valence-electron chi connectivity index (χ3n) is 3.45. The lowest BCUT2D eigenvalue weighted by Crippen LogP contribution is -2.41. The lowest BCUT2D eigenvalue weighted by atomic mass is 10.2. The number of benzene rings is 1. The second-order valence-corrected chi connectivity index (χ2v) is 5.06. The second kappa shape index (κ2) is 6.57. The number of methoxy groups -OCH3 is 1. The normalized spacial score (nSPS) is 15.9. The summed E-state index contributed by atoms with van der Waals surface area (Å²) >= 11 is 0. The fourth-order valence-electron chi connectivity index (χ4n) is 2.08. The van der Waals surface area contributed by atoms with E-state index >= 15 is 0 Å². The first-order valence-corrected chi connectivity index (χ1v) is 6.80. The average molecular weight is 262 g/mol. The van der Waals surface area contributed by atoms with Gasteiger partial charge >= 0.3 is 5.97 Å². The molecule has 19 heavy (non-hydrogen) atoms. The topological polar surface area (TPSA) is 41.6 Å². The molecule has 0 spiro atoms. The molecule has 1 atom stereocenters. The van der Waals surface area contributed by atoms with Gasteiger partial charge in [0.2, 0.25) is 0 Å². The number of nitrogens with one attached hydrogen (secondary N) is 1. The van der Waals surface area contributed by atoms with Crippen molar-refractivity contribution in [2.24, 2.45) is 0 Å². The van der Waals surface area contributed by atoms with E-state index in [0.29, 0.717) is 6.04 Å². The minimum atomic E-state index is -0.191. The Balaban J connectivity index is 1.85. The smallest absolute Gasteiger partial charge is 0.322 e. The molecule has 0 aliphatic heterocycles. The Labute approximate surface area is 114 Å². The van der Waals surface area contributed by atoms with Gasteiger partial charge in [-0.05, 0) is 31.4 Å². The first-order valence-electron chi connectivity index (χ1n) is 6.80. The molecule has 0 amide bonds. The Hall–Kier alpha value is -1.55. The number of rotatable bonds is 7. The van der Waals surface area contributed by atoms with Crippen LogP contribution in [0.3, 0.4) is 0 Å². The Morgan fingerprint density at radius 1 is 1.42 bits per heavy atom. The third kappa shape index (κ3) is 4.24. The van der Waals surface area contributed by atoms with E-state index in [4.69, 9.17) is 4.74 Å². The van der Waals surface area contributed by atoms with Crippen LogP contribution in [0.2, 0.25) is 0 Å². The monoisotopic (exact) mass is 262 g/mol. The van der Waals surface area contributed by atoms with Crippen LogP contribution in [0.15, 0.2) is 30.3 Å². The Bertz CT molecular complexity index is 404. The van der Waals surface area contributed by atoms with Gasteiger partial charge in [0.1, 0.15) is 6.04 Å². The number of carbonyl (C=O) groups is 1. The van der Waals surface area contributed by atoms with Crippen molar-refractivity contribution < 1.29 is 9.53 Å². The molecule has 2 rings (SSSR count). The maximum Gasteiger partial charge on any atom is 0.322 e. The van der Waals surface area contributed by atoms with Crippen LogP contribution in [0.5, 0.6) is 0 Å². The van der Waals surface area contributed by atoms with E-state index in [2.05, 4.69) is 22.3 Å². The SMILES string of the molecule is COC(=O)C(CCN(C)c1ccccc1)NC1CC1. The first-order chi connectivity index (χ1) is 9.20. The molecule has 4 nitrogen and oxygen atoms in total. The van der Waals surface area contributed by atoms with Crippen molar-refractivity contribution in [1.82, 2.24) is 5.32 Å². The highest BCUT2D eigenvalue weighted by Gasteiger charge is 2.28. The van der Waals surface area contributed by atoms with Crippen LogP contribution < -0.4 is 10.2 Å². The largest absolute Gasteiger partial charge is 0.468 e. The molecular formula is C15H22N2O2. The highest BCUT2D eigenvalue weighted by atomic mass is 16.5. The molecule has 0 heterocycles. The lowest BCUT2D eigenvalue weighted by Gasteiger charge is -2.22. The van der Waals surface area contributed by atoms with E-state index in [1.807, 2.05) is 25.2 Å². The van der Waals surface area contributed by atoms with Gasteiger partial charge in [0.25, 0.3) is 0 Å². The van der Waals surface area contributed by atoms with E-state index in [0.717, 1.165) is 18.7 Å². The van der Waals surface area contributed by atoms with E-state index < -0.39 is 0 Å². The summed E-state index contributed by atoms with van der Waals surface area (Å²) in [5, 5.41) is 3.35. The lowest BCUT2D eigenvalue weighted by molar-refractivity contribution is -0.143. The first kappa shape index (κ1) is 13.9. The van der Waals surface area contributed by atoms with Gasteiger partial charge in [-0.25, -0.2) is 0 Å². The highest BCUT2D eigenvalue weighted by molar-refractivity contribution is 5.75. The molecule has 1 saturated carbocycles. The molecule has 1 N–H and O–H groups in total. The van der Waals surface area contributed by atoms with E-state index in [1.54, 1.807) is 0 Å². The molecule has 1 aromatic carbocycles. The van der Waals surface area contributed by atoms with Crippen molar-refractivity contribution in [2.75, 3.05) is 25.6 Å². The predicted octanol–water partition coefficient (Wildman–Crippen LogP) is 1.81. The van der Waals surface area contributed by atoms with Gasteiger partial charge in [-0.1, -0.05) is 18.2 Å². The molecule has 0 radical (unpaired) electrons. The Morgan fingerprint density at radius 2 is 2.11 bits per heavy atom. The van der Waals surface area contributed by atoms with E-state index in [-0.39, 0.29) is 12.0 Å². The van der Waals surface area contributed by atoms with Crippen molar-refractivity contribution in [1.29, 1.82) is 0 Å². The van der Waals surface area contributed by atoms with Crippen molar-refractivity contribution in [3.8, 4) is 0 Å². The van der Waals surface area contributed by atoms with E-state index in [1.165, 1.54) is 20.0 Å². The summed E-state index contributed by atoms with van der Waals surface area (Å²) in [6, 6.07) is 10.5. The predicted molar refractivity (Wildman–Crippen MR) is 76.3 cm³/mol. The molecule has 0 saturated heterocycles. The van der Waals surface area contributed by atoms with Gasteiger partial charge in [-0.3, -0.25) is 4.79 Å². The summed E-state index contributed by atoms with van der Waals surface area (Å²) < 4.78 is 4.86. The summed E-state index contributed by atoms with van der Waals surface area (Å²) in [6.07, 6.45) is 3.10. The summed E-state index contributed by atoms with van der Waals surface area (Å²) in [5.41, 5.74) is 1.16. The van der Waals surface area contributed by atoms with Crippen LogP contribution in [0.1, 0.15) is 19.3 Å². The maximum atomic E-state index is 11.7. The molecule has 1 fully saturated rings. The van der Waals surface area contributed by atoms with Gasteiger partial charge in [0, 0.05) is 25.3 Å². The maximum absolute atomic E-state index is 11.7. The van der Waals surface area contributed by atoms with Crippen molar-refractivity contribution >= 4 is 11.7 Å². The van der Waals surface area contributed by atoms with Gasteiger partial charge in [0.15, 0.2) is 0 Å². The third-order valence-corrected chi connectivity index (χ3v) is 3.45. The number of hydrogen-bond acceptors (Lipinski definition) is 4. The van der Waals surface area contributed by atoms with Crippen LogP contribution in [-0.4, -0.2) is 38.8 Å². The quantitative estimate of drug-likeness (QED) is 0.761. The molecule has 1 aliphatic carbocycles. The molecule has 1 unspecified atom stereocenters. The van der Waals surface area contributed by atoms with Gasteiger partial charge in [0.05, 0.1) is 7.11 Å². The van der Waals surface area contributed by atoms with Crippen LogP contribution in [-0.2, 0) is 9.53 Å². The fraction of sp³-hybridized carbons (Fsp3) is 0.533. The zero-order valence-electron chi connectivity index (χ0n) is 11.6. The number of esters is 1. The summed E-state index contributed by atoms with van der Waals surface area (Å²) in [7, 11) is 3.49. The Kier molecular flexibility index (Phi) is 4.80. The van der Waals surface area contributed by atoms with Gasteiger partial charge in [-0.2, -0.15) is 0 Å². The molecule has 1 aromatic rings. The molecule has 0 bridgehead atoms. The zero-order chi connectivity index (χ0) is 13.7. The van der Waals surface area contributed by atoms with Crippen LogP contribution >= 0.6 is 0 Å². The van der Waals surface area contributed by atoms with Crippen LogP contribution in [0.25, 0.3) is 0 Å². The van der Waals surface area contributed by atoms with Crippen molar-refractivity contribution in [3.63, 3.8) is 0 Å². The summed E-state index contributed by atoms with van der Waals surface area (Å²) in [5.74, 6) is -0.159. The molecule has 104 valence electrons. The summed E-state index contributed by atoms with van der Waals surface area (Å²) in [6.45, 7) is 0.823. The zero-order valence-corrected chi connectivity index (χ0v) is 11.6. The molecular weight excluding hydrogens is 240 g/mol.